The Bertz CT molecular complexity index is 1010. The average molecular weight is 397 g/mol. The quantitative estimate of drug-likeness (QED) is 0.390. The Hall–Kier alpha value is -2.30. The van der Waals surface area contributed by atoms with Crippen molar-refractivity contribution in [2.45, 2.75) is 31.3 Å². The first-order valence-corrected chi connectivity index (χ1v) is 10.8. The average Bonchev–Trinajstić information content (AvgIpc) is 3.03. The van der Waals surface area contributed by atoms with Crippen LogP contribution in [0.2, 0.25) is 0 Å². The number of aromatic nitrogens is 2. The lowest BCUT2D eigenvalue weighted by molar-refractivity contribution is 0.344. The molecule has 1 aromatic carbocycles. The van der Waals surface area contributed by atoms with Crippen LogP contribution >= 0.6 is 23.1 Å². The van der Waals surface area contributed by atoms with Crippen molar-refractivity contribution < 1.29 is 4.74 Å². The maximum Gasteiger partial charge on any atom is 0.191 e. The molecule has 7 heteroatoms. The van der Waals surface area contributed by atoms with Gasteiger partial charge in [0.15, 0.2) is 5.16 Å². The number of hydrogen-bond acceptors (Lipinski definition) is 7. The molecule has 1 aliphatic rings. The third-order valence-electron chi connectivity index (χ3n) is 4.73. The van der Waals surface area contributed by atoms with E-state index in [-0.39, 0.29) is 0 Å². The van der Waals surface area contributed by atoms with E-state index in [4.69, 9.17) is 20.7 Å². The molecule has 0 fully saturated rings. The molecule has 0 radical (unpaired) electrons. The molecule has 1 aliphatic carbocycles. The molecule has 0 bridgehead atoms. The lowest BCUT2D eigenvalue weighted by Crippen LogP contribution is -2.09. The molecule has 3 aromatic rings. The molecule has 2 aromatic heterocycles. The predicted molar refractivity (Wildman–Crippen MR) is 110 cm³/mol. The summed E-state index contributed by atoms with van der Waals surface area (Å²) in [6, 6.07) is 9.21. The molecule has 2 N–H and O–H groups in total. The molecule has 27 heavy (non-hydrogen) atoms. The molecule has 0 spiro atoms. The topological polar surface area (TPSA) is 84.8 Å². The highest BCUT2D eigenvalue weighted by atomic mass is 32.2. The first kappa shape index (κ1) is 18.1. The number of aryl methyl sites for hydroxylation is 1. The normalized spacial score (nSPS) is 16.1. The van der Waals surface area contributed by atoms with Gasteiger partial charge in [-0.1, -0.05) is 18.7 Å². The minimum absolute atomic E-state index is 0.538. The van der Waals surface area contributed by atoms with Crippen LogP contribution in [0.4, 0.5) is 5.82 Å². The lowest BCUT2D eigenvalue weighted by atomic mass is 9.89. The third-order valence-corrected chi connectivity index (χ3v) is 6.69. The van der Waals surface area contributed by atoms with E-state index in [0.717, 1.165) is 40.5 Å². The maximum absolute atomic E-state index is 8.82. The van der Waals surface area contributed by atoms with Crippen LogP contribution in [0.15, 0.2) is 29.4 Å². The van der Waals surface area contributed by atoms with E-state index in [1.54, 1.807) is 47.4 Å². The number of thioether (sulfide) groups is 1. The summed E-state index contributed by atoms with van der Waals surface area (Å²) in [7, 11) is 0. The van der Waals surface area contributed by atoms with Crippen molar-refractivity contribution in [2.75, 3.05) is 18.1 Å². The van der Waals surface area contributed by atoms with Crippen LogP contribution in [0, 0.1) is 17.2 Å². The third kappa shape index (κ3) is 3.87. The van der Waals surface area contributed by atoms with Crippen molar-refractivity contribution in [2.24, 2.45) is 5.92 Å². The second kappa shape index (κ2) is 7.75. The van der Waals surface area contributed by atoms with Gasteiger partial charge in [0.2, 0.25) is 0 Å². The summed E-state index contributed by atoms with van der Waals surface area (Å²) in [5.74, 6) is 2.81. The van der Waals surface area contributed by atoms with Crippen molar-refractivity contribution in [3.63, 3.8) is 0 Å². The molecule has 5 nitrogen and oxygen atoms in total. The van der Waals surface area contributed by atoms with Gasteiger partial charge < -0.3 is 10.5 Å². The summed E-state index contributed by atoms with van der Waals surface area (Å²) >= 11 is 3.32. The predicted octanol–water partition coefficient (Wildman–Crippen LogP) is 4.44. The van der Waals surface area contributed by atoms with Crippen LogP contribution < -0.4 is 10.5 Å². The number of fused-ring (bicyclic) bond motifs is 3. The number of nitrogens with zero attached hydrogens (tertiary/aromatic N) is 3. The molecule has 4 rings (SSSR count). The Morgan fingerprint density at radius 2 is 2.15 bits per heavy atom. The van der Waals surface area contributed by atoms with Gasteiger partial charge in [0.05, 0.1) is 23.6 Å². The number of ether oxygens (including phenoxy) is 1. The smallest absolute Gasteiger partial charge is 0.191 e. The van der Waals surface area contributed by atoms with Crippen molar-refractivity contribution >= 4 is 39.1 Å². The Balaban J connectivity index is 1.41. The highest BCUT2D eigenvalue weighted by molar-refractivity contribution is 7.99. The van der Waals surface area contributed by atoms with Gasteiger partial charge in [0, 0.05) is 10.6 Å². The van der Waals surface area contributed by atoms with Gasteiger partial charge in [-0.3, -0.25) is 0 Å². The van der Waals surface area contributed by atoms with E-state index in [9.17, 15) is 0 Å². The van der Waals surface area contributed by atoms with Crippen LogP contribution in [0.25, 0.3) is 10.2 Å². The fourth-order valence-electron chi connectivity index (χ4n) is 3.33. The van der Waals surface area contributed by atoms with Crippen molar-refractivity contribution in [3.8, 4) is 11.8 Å². The molecule has 0 saturated heterocycles. The summed E-state index contributed by atoms with van der Waals surface area (Å²) in [5.41, 5.74) is 8.26. The van der Waals surface area contributed by atoms with Gasteiger partial charge in [-0.2, -0.15) is 5.26 Å². The monoisotopic (exact) mass is 396 g/mol. The molecule has 2 heterocycles. The highest BCUT2D eigenvalue weighted by Crippen LogP contribution is 2.39. The summed E-state index contributed by atoms with van der Waals surface area (Å²) in [5, 5.41) is 10.6. The minimum Gasteiger partial charge on any atom is -0.493 e. The highest BCUT2D eigenvalue weighted by Gasteiger charge is 2.23. The SMILES string of the molecule is CC1CCc2c(sc3nc(SCCOc4ccc(C#N)cc4)nc(N)c23)C1. The number of nitrogen functional groups attached to an aromatic ring is 1. The number of nitriles is 1. The van der Waals surface area contributed by atoms with Gasteiger partial charge >= 0.3 is 0 Å². The number of nitrogens with two attached hydrogens (primary N) is 1. The number of anilines is 1. The largest absolute Gasteiger partial charge is 0.493 e. The lowest BCUT2D eigenvalue weighted by Gasteiger charge is -2.17. The zero-order chi connectivity index (χ0) is 18.8. The fraction of sp³-hybridized carbons (Fsp3) is 0.350. The van der Waals surface area contributed by atoms with Crippen LogP contribution in [0.1, 0.15) is 29.3 Å². The fourth-order valence-corrected chi connectivity index (χ4v) is 5.45. The summed E-state index contributed by atoms with van der Waals surface area (Å²) < 4.78 is 5.71. The van der Waals surface area contributed by atoms with Gasteiger partial charge in [-0.25, -0.2) is 9.97 Å². The minimum atomic E-state index is 0.538. The Morgan fingerprint density at radius 1 is 1.33 bits per heavy atom. The molecule has 1 unspecified atom stereocenters. The second-order valence-corrected chi connectivity index (χ2v) is 8.90. The maximum atomic E-state index is 8.82. The molecular weight excluding hydrogens is 376 g/mol. The summed E-state index contributed by atoms with van der Waals surface area (Å²) in [6.07, 6.45) is 3.41. The number of rotatable bonds is 5. The van der Waals surface area contributed by atoms with E-state index >= 15 is 0 Å². The first-order chi connectivity index (χ1) is 13.1. The Labute approximate surface area is 166 Å². The Morgan fingerprint density at radius 3 is 2.93 bits per heavy atom. The molecule has 0 amide bonds. The van der Waals surface area contributed by atoms with Gasteiger partial charge in [-0.15, -0.1) is 11.3 Å². The molecule has 0 saturated carbocycles. The Kier molecular flexibility index (Phi) is 5.19. The van der Waals surface area contributed by atoms with Crippen LogP contribution in [0.5, 0.6) is 5.75 Å². The van der Waals surface area contributed by atoms with E-state index < -0.39 is 0 Å². The summed E-state index contributed by atoms with van der Waals surface area (Å²) in [4.78, 5) is 11.7. The van der Waals surface area contributed by atoms with E-state index in [2.05, 4.69) is 18.0 Å². The second-order valence-electron chi connectivity index (χ2n) is 6.76. The van der Waals surface area contributed by atoms with E-state index in [0.29, 0.717) is 23.1 Å². The van der Waals surface area contributed by atoms with E-state index in [1.807, 2.05) is 0 Å². The van der Waals surface area contributed by atoms with Crippen LogP contribution in [-0.4, -0.2) is 22.3 Å². The molecule has 0 aliphatic heterocycles. The van der Waals surface area contributed by atoms with Crippen molar-refractivity contribution in [1.29, 1.82) is 5.26 Å². The van der Waals surface area contributed by atoms with Gasteiger partial charge in [0.1, 0.15) is 16.4 Å². The zero-order valence-corrected chi connectivity index (χ0v) is 16.7. The van der Waals surface area contributed by atoms with E-state index in [1.165, 1.54) is 16.9 Å². The van der Waals surface area contributed by atoms with Crippen molar-refractivity contribution in [1.82, 2.24) is 9.97 Å². The molecule has 1 atom stereocenters. The number of benzene rings is 1. The molecular formula is C20H20N4OS2. The molecule has 138 valence electrons. The number of hydrogen-bond donors (Lipinski definition) is 1. The summed E-state index contributed by atoms with van der Waals surface area (Å²) in [6.45, 7) is 2.84. The van der Waals surface area contributed by atoms with Gasteiger partial charge in [-0.05, 0) is 55.0 Å². The van der Waals surface area contributed by atoms with Crippen LogP contribution in [-0.2, 0) is 12.8 Å². The van der Waals surface area contributed by atoms with Crippen molar-refractivity contribution in [3.05, 3.63) is 40.3 Å². The zero-order valence-electron chi connectivity index (χ0n) is 15.1. The first-order valence-electron chi connectivity index (χ1n) is 8.97. The van der Waals surface area contributed by atoms with Crippen LogP contribution in [0.3, 0.4) is 0 Å². The standard InChI is InChI=1S/C20H20N4OS2/c1-12-2-7-15-16(10-12)27-19-17(15)18(22)23-20(24-19)26-9-8-25-14-5-3-13(11-21)4-6-14/h3-6,12H,2,7-10H2,1H3,(H2,22,23,24). The van der Waals surface area contributed by atoms with Gasteiger partial charge in [0.25, 0.3) is 0 Å². The number of thiophene rings is 1.